The van der Waals surface area contributed by atoms with E-state index in [4.69, 9.17) is 10.8 Å². The average molecular weight is 197 g/mol. The van der Waals surface area contributed by atoms with Gasteiger partial charge in [0.15, 0.2) is 0 Å². The van der Waals surface area contributed by atoms with Crippen molar-refractivity contribution in [1.29, 1.82) is 0 Å². The minimum absolute atomic E-state index is 0.332. The van der Waals surface area contributed by atoms with Gasteiger partial charge in [0.25, 0.3) is 0 Å². The summed E-state index contributed by atoms with van der Waals surface area (Å²) in [4.78, 5) is 10.5. The van der Waals surface area contributed by atoms with Crippen molar-refractivity contribution in [3.05, 3.63) is 18.0 Å². The number of aliphatic carboxylic acids is 1. The molecule has 0 aliphatic heterocycles. The number of aryl methyl sites for hydroxylation is 1. The zero-order valence-electron chi connectivity index (χ0n) is 8.18. The minimum atomic E-state index is -0.978. The Morgan fingerprint density at radius 1 is 1.79 bits per heavy atom. The van der Waals surface area contributed by atoms with Crippen LogP contribution in [0.1, 0.15) is 18.9 Å². The molecule has 1 aromatic rings. The van der Waals surface area contributed by atoms with Gasteiger partial charge in [-0.25, -0.2) is 0 Å². The zero-order valence-corrected chi connectivity index (χ0v) is 8.18. The molecule has 1 unspecified atom stereocenters. The Morgan fingerprint density at radius 2 is 2.50 bits per heavy atom. The monoisotopic (exact) mass is 197 g/mol. The first-order valence-corrected chi connectivity index (χ1v) is 4.63. The Kier molecular flexibility index (Phi) is 3.64. The molecule has 5 nitrogen and oxygen atoms in total. The van der Waals surface area contributed by atoms with Gasteiger partial charge in [-0.1, -0.05) is 6.92 Å². The summed E-state index contributed by atoms with van der Waals surface area (Å²) in [6.45, 7) is 2.91. The predicted molar refractivity (Wildman–Crippen MR) is 51.8 cm³/mol. The summed E-state index contributed by atoms with van der Waals surface area (Å²) >= 11 is 0. The number of carboxylic acids is 1. The number of hydrogen-bond donors (Lipinski definition) is 2. The highest BCUT2D eigenvalue weighted by Gasteiger charge is 2.12. The fourth-order valence-electron chi connectivity index (χ4n) is 1.20. The van der Waals surface area contributed by atoms with Crippen LogP contribution in [0, 0.1) is 0 Å². The second-order valence-electron chi connectivity index (χ2n) is 3.26. The number of nitrogens with two attached hydrogens (primary N) is 1. The normalized spacial score (nSPS) is 12.7. The molecule has 14 heavy (non-hydrogen) atoms. The van der Waals surface area contributed by atoms with E-state index in [9.17, 15) is 4.79 Å². The molecule has 5 heteroatoms. The van der Waals surface area contributed by atoms with Gasteiger partial charge in [0.2, 0.25) is 0 Å². The van der Waals surface area contributed by atoms with E-state index in [0.717, 1.165) is 18.5 Å². The molecule has 1 heterocycles. The quantitative estimate of drug-likeness (QED) is 0.708. The lowest BCUT2D eigenvalue weighted by Crippen LogP contribution is -2.32. The summed E-state index contributed by atoms with van der Waals surface area (Å²) in [6, 6.07) is -0.839. The van der Waals surface area contributed by atoms with Crippen molar-refractivity contribution in [2.24, 2.45) is 5.73 Å². The molecular formula is C9H15N3O2. The van der Waals surface area contributed by atoms with Crippen molar-refractivity contribution in [1.82, 2.24) is 9.78 Å². The summed E-state index contributed by atoms with van der Waals surface area (Å²) in [6.07, 6.45) is 4.84. The molecule has 0 aliphatic rings. The number of aromatic nitrogens is 2. The van der Waals surface area contributed by atoms with Crippen molar-refractivity contribution in [2.75, 3.05) is 0 Å². The third-order valence-corrected chi connectivity index (χ3v) is 1.91. The van der Waals surface area contributed by atoms with Gasteiger partial charge in [-0.05, 0) is 12.0 Å². The van der Waals surface area contributed by atoms with E-state index in [-0.39, 0.29) is 0 Å². The van der Waals surface area contributed by atoms with Crippen LogP contribution in [0.25, 0.3) is 0 Å². The fourth-order valence-corrected chi connectivity index (χ4v) is 1.20. The molecule has 0 spiro atoms. The lowest BCUT2D eigenvalue weighted by atomic mass is 10.1. The molecule has 0 aliphatic carbocycles. The second kappa shape index (κ2) is 4.76. The van der Waals surface area contributed by atoms with Crippen molar-refractivity contribution >= 4 is 5.97 Å². The average Bonchev–Trinajstić information content (AvgIpc) is 2.53. The first kappa shape index (κ1) is 10.7. The van der Waals surface area contributed by atoms with Crippen LogP contribution < -0.4 is 5.73 Å². The first-order chi connectivity index (χ1) is 6.63. The molecule has 1 atom stereocenters. The molecule has 0 saturated heterocycles. The summed E-state index contributed by atoms with van der Waals surface area (Å²) in [5.41, 5.74) is 6.26. The van der Waals surface area contributed by atoms with Crippen molar-refractivity contribution in [3.63, 3.8) is 0 Å². The Balaban J connectivity index is 2.55. The molecule has 0 aromatic carbocycles. The van der Waals surface area contributed by atoms with Crippen LogP contribution in [0.15, 0.2) is 12.4 Å². The number of carboxylic acid groups (broad SMARTS) is 1. The number of nitrogens with zero attached hydrogens (tertiary/aromatic N) is 2. The summed E-state index contributed by atoms with van der Waals surface area (Å²) in [7, 11) is 0. The van der Waals surface area contributed by atoms with Crippen LogP contribution in [0.4, 0.5) is 0 Å². The molecule has 0 fully saturated rings. The summed E-state index contributed by atoms with van der Waals surface area (Å²) in [5, 5.41) is 12.7. The zero-order chi connectivity index (χ0) is 10.6. The van der Waals surface area contributed by atoms with E-state index in [1.807, 2.05) is 6.20 Å². The number of hydrogen-bond acceptors (Lipinski definition) is 3. The molecule has 78 valence electrons. The second-order valence-corrected chi connectivity index (χ2v) is 3.26. The fraction of sp³-hybridized carbons (Fsp3) is 0.556. The largest absolute Gasteiger partial charge is 0.480 e. The minimum Gasteiger partial charge on any atom is -0.480 e. The van der Waals surface area contributed by atoms with Crippen LogP contribution in [0.3, 0.4) is 0 Å². The molecule has 3 N–H and O–H groups in total. The lowest BCUT2D eigenvalue weighted by Gasteiger charge is -2.02. The third-order valence-electron chi connectivity index (χ3n) is 1.91. The smallest absolute Gasteiger partial charge is 0.320 e. The van der Waals surface area contributed by atoms with Crippen molar-refractivity contribution in [2.45, 2.75) is 32.4 Å². The van der Waals surface area contributed by atoms with E-state index < -0.39 is 12.0 Å². The molecule has 0 saturated carbocycles. The van der Waals surface area contributed by atoms with Gasteiger partial charge in [0.05, 0.1) is 6.20 Å². The first-order valence-electron chi connectivity index (χ1n) is 4.63. The Hall–Kier alpha value is -1.36. The van der Waals surface area contributed by atoms with Gasteiger partial charge >= 0.3 is 5.97 Å². The Morgan fingerprint density at radius 3 is 3.07 bits per heavy atom. The van der Waals surface area contributed by atoms with Crippen LogP contribution in [0.5, 0.6) is 0 Å². The van der Waals surface area contributed by atoms with Crippen LogP contribution >= 0.6 is 0 Å². The van der Waals surface area contributed by atoms with E-state index in [1.165, 1.54) is 0 Å². The number of rotatable bonds is 5. The van der Waals surface area contributed by atoms with E-state index >= 15 is 0 Å². The summed E-state index contributed by atoms with van der Waals surface area (Å²) < 4.78 is 1.80. The van der Waals surface area contributed by atoms with Gasteiger partial charge in [-0.15, -0.1) is 0 Å². The predicted octanol–water partition coefficient (Wildman–Crippen LogP) is 0.247. The van der Waals surface area contributed by atoms with Crippen LogP contribution in [0.2, 0.25) is 0 Å². The maximum absolute atomic E-state index is 10.5. The third kappa shape index (κ3) is 2.85. The van der Waals surface area contributed by atoms with Gasteiger partial charge in [0, 0.05) is 19.2 Å². The highest BCUT2D eigenvalue weighted by molar-refractivity contribution is 5.73. The van der Waals surface area contributed by atoms with Crippen molar-refractivity contribution < 1.29 is 9.90 Å². The van der Waals surface area contributed by atoms with Gasteiger partial charge in [-0.2, -0.15) is 5.10 Å². The van der Waals surface area contributed by atoms with E-state index in [1.54, 1.807) is 10.9 Å². The highest BCUT2D eigenvalue weighted by atomic mass is 16.4. The standard InChI is InChI=1S/C9H15N3O2/c1-2-3-12-6-7(5-11-12)4-8(10)9(13)14/h5-6,8H,2-4,10H2,1H3,(H,13,14). The van der Waals surface area contributed by atoms with E-state index in [0.29, 0.717) is 6.42 Å². The van der Waals surface area contributed by atoms with Crippen molar-refractivity contribution in [3.8, 4) is 0 Å². The Bertz CT molecular complexity index is 309. The van der Waals surface area contributed by atoms with Gasteiger partial charge in [0.1, 0.15) is 6.04 Å². The molecule has 1 rings (SSSR count). The Labute approximate surface area is 82.5 Å². The van der Waals surface area contributed by atoms with Gasteiger partial charge in [-0.3, -0.25) is 9.48 Å². The van der Waals surface area contributed by atoms with E-state index in [2.05, 4.69) is 12.0 Å². The SMILES string of the molecule is CCCn1cc(CC(N)C(=O)O)cn1. The maximum Gasteiger partial charge on any atom is 0.320 e. The molecule has 1 aromatic heterocycles. The molecule has 0 radical (unpaired) electrons. The summed E-state index contributed by atoms with van der Waals surface area (Å²) in [5.74, 6) is -0.978. The maximum atomic E-state index is 10.5. The molecule has 0 amide bonds. The lowest BCUT2D eigenvalue weighted by molar-refractivity contribution is -0.138. The molecular weight excluding hydrogens is 182 g/mol. The highest BCUT2D eigenvalue weighted by Crippen LogP contribution is 2.02. The van der Waals surface area contributed by atoms with Gasteiger partial charge < -0.3 is 10.8 Å². The topological polar surface area (TPSA) is 81.1 Å². The molecule has 0 bridgehead atoms. The van der Waals surface area contributed by atoms with Crippen LogP contribution in [-0.4, -0.2) is 26.9 Å². The van der Waals surface area contributed by atoms with Crippen LogP contribution in [-0.2, 0) is 17.8 Å². The number of carbonyl (C=O) groups is 1.